The van der Waals surface area contributed by atoms with Gasteiger partial charge in [-0.3, -0.25) is 14.9 Å². The first-order valence-corrected chi connectivity index (χ1v) is 7.18. The van der Waals surface area contributed by atoms with Crippen LogP contribution in [-0.2, 0) is 4.79 Å². The van der Waals surface area contributed by atoms with Crippen LogP contribution in [0.5, 0.6) is 0 Å². The molecule has 20 heavy (non-hydrogen) atoms. The van der Waals surface area contributed by atoms with E-state index in [0.29, 0.717) is 15.3 Å². The minimum Gasteiger partial charge on any atom is -0.302 e. The van der Waals surface area contributed by atoms with Crippen molar-refractivity contribution in [1.29, 1.82) is 0 Å². The van der Waals surface area contributed by atoms with Gasteiger partial charge in [0.2, 0.25) is 5.91 Å². The van der Waals surface area contributed by atoms with Crippen molar-refractivity contribution in [2.75, 3.05) is 5.32 Å². The Morgan fingerprint density at radius 1 is 1.55 bits per heavy atom. The number of aromatic nitrogens is 1. The largest absolute Gasteiger partial charge is 0.302 e. The fourth-order valence-corrected chi connectivity index (χ4v) is 2.77. The molecule has 1 aromatic heterocycles. The maximum Gasteiger partial charge on any atom is 0.270 e. The molecule has 1 N–H and O–H groups in total. The van der Waals surface area contributed by atoms with Crippen LogP contribution < -0.4 is 5.32 Å². The van der Waals surface area contributed by atoms with Gasteiger partial charge in [-0.15, -0.1) is 0 Å². The Morgan fingerprint density at radius 3 is 2.95 bits per heavy atom. The van der Waals surface area contributed by atoms with E-state index in [1.165, 1.54) is 23.5 Å². The van der Waals surface area contributed by atoms with Crippen LogP contribution in [0.3, 0.4) is 0 Å². The van der Waals surface area contributed by atoms with Crippen molar-refractivity contribution in [2.45, 2.75) is 26.7 Å². The summed E-state index contributed by atoms with van der Waals surface area (Å²) in [5.41, 5.74) is 0.678. The third-order valence-corrected chi connectivity index (χ3v) is 3.92. The summed E-state index contributed by atoms with van der Waals surface area (Å²) in [7, 11) is 0. The Kier molecular flexibility index (Phi) is 4.29. The average Bonchev–Trinajstić information content (AvgIpc) is 2.79. The number of thiazole rings is 1. The zero-order valence-electron chi connectivity index (χ0n) is 11.3. The zero-order chi connectivity index (χ0) is 14.7. The summed E-state index contributed by atoms with van der Waals surface area (Å²) in [6.45, 7) is 3.90. The monoisotopic (exact) mass is 293 g/mol. The van der Waals surface area contributed by atoms with Crippen molar-refractivity contribution in [3.8, 4) is 0 Å². The topological polar surface area (TPSA) is 85.1 Å². The molecule has 2 aromatic rings. The molecule has 6 nitrogen and oxygen atoms in total. The number of nitrogens with zero attached hydrogens (tertiary/aromatic N) is 2. The molecule has 0 aliphatic carbocycles. The highest BCUT2D eigenvalue weighted by Gasteiger charge is 2.15. The third kappa shape index (κ3) is 3.11. The van der Waals surface area contributed by atoms with E-state index in [4.69, 9.17) is 0 Å². The van der Waals surface area contributed by atoms with Gasteiger partial charge in [-0.1, -0.05) is 31.6 Å². The summed E-state index contributed by atoms with van der Waals surface area (Å²) in [4.78, 5) is 26.4. The number of hydrogen-bond donors (Lipinski definition) is 1. The summed E-state index contributed by atoms with van der Waals surface area (Å²) in [6.07, 6.45) is 1.77. The van der Waals surface area contributed by atoms with E-state index in [0.717, 1.165) is 12.8 Å². The number of anilines is 1. The van der Waals surface area contributed by atoms with Crippen LogP contribution in [0, 0.1) is 16.0 Å². The molecule has 0 saturated carbocycles. The Balaban J connectivity index is 2.19. The smallest absolute Gasteiger partial charge is 0.270 e. The molecule has 0 fully saturated rings. The maximum absolute atomic E-state index is 11.9. The average molecular weight is 293 g/mol. The van der Waals surface area contributed by atoms with Gasteiger partial charge in [0, 0.05) is 18.1 Å². The Bertz CT molecular complexity index is 653. The van der Waals surface area contributed by atoms with Crippen LogP contribution in [0.15, 0.2) is 18.2 Å². The van der Waals surface area contributed by atoms with Crippen molar-refractivity contribution < 1.29 is 9.72 Å². The Labute approximate surface area is 120 Å². The highest BCUT2D eigenvalue weighted by molar-refractivity contribution is 7.22. The third-order valence-electron chi connectivity index (χ3n) is 2.98. The first-order valence-electron chi connectivity index (χ1n) is 6.37. The Morgan fingerprint density at radius 2 is 2.30 bits per heavy atom. The highest BCUT2D eigenvalue weighted by atomic mass is 32.1. The molecule has 0 spiro atoms. The van der Waals surface area contributed by atoms with Crippen molar-refractivity contribution >= 4 is 38.3 Å². The maximum atomic E-state index is 11.9. The molecule has 0 bridgehead atoms. The summed E-state index contributed by atoms with van der Waals surface area (Å²) < 4.78 is 0.692. The van der Waals surface area contributed by atoms with E-state index < -0.39 is 4.92 Å². The van der Waals surface area contributed by atoms with Gasteiger partial charge in [0.05, 0.1) is 15.1 Å². The van der Waals surface area contributed by atoms with Gasteiger partial charge in [0.15, 0.2) is 5.13 Å². The van der Waals surface area contributed by atoms with Crippen molar-refractivity contribution in [3.63, 3.8) is 0 Å². The SMILES string of the molecule is CCCC(C)C(=O)Nc1nc2ccc([N+](=O)[O-])cc2s1. The molecule has 1 aromatic carbocycles. The van der Waals surface area contributed by atoms with E-state index in [1.54, 1.807) is 6.07 Å². The van der Waals surface area contributed by atoms with Crippen LogP contribution in [0.2, 0.25) is 0 Å². The fraction of sp³-hybridized carbons (Fsp3) is 0.385. The predicted octanol–water partition coefficient (Wildman–Crippen LogP) is 3.58. The molecule has 1 atom stereocenters. The number of non-ortho nitro benzene ring substituents is 1. The van der Waals surface area contributed by atoms with Gasteiger partial charge < -0.3 is 5.32 Å². The molecule has 7 heteroatoms. The summed E-state index contributed by atoms with van der Waals surface area (Å²) in [5, 5.41) is 14.0. The minimum atomic E-state index is -0.444. The van der Waals surface area contributed by atoms with Gasteiger partial charge in [-0.05, 0) is 12.5 Å². The fourth-order valence-electron chi connectivity index (χ4n) is 1.87. The molecule has 106 valence electrons. The van der Waals surface area contributed by atoms with Crippen molar-refractivity contribution in [2.24, 2.45) is 5.92 Å². The van der Waals surface area contributed by atoms with Gasteiger partial charge in [-0.25, -0.2) is 4.98 Å². The van der Waals surface area contributed by atoms with E-state index in [-0.39, 0.29) is 17.5 Å². The molecule has 0 aliphatic rings. The zero-order valence-corrected chi connectivity index (χ0v) is 12.1. The summed E-state index contributed by atoms with van der Waals surface area (Å²) in [5.74, 6) is -0.137. The second kappa shape index (κ2) is 5.96. The first-order chi connectivity index (χ1) is 9.51. The van der Waals surface area contributed by atoms with E-state index in [2.05, 4.69) is 10.3 Å². The molecule has 2 rings (SSSR count). The van der Waals surface area contributed by atoms with Crippen molar-refractivity contribution in [1.82, 2.24) is 4.98 Å². The number of fused-ring (bicyclic) bond motifs is 1. The number of carbonyl (C=O) groups excluding carboxylic acids is 1. The van der Waals surface area contributed by atoms with Crippen molar-refractivity contribution in [3.05, 3.63) is 28.3 Å². The van der Waals surface area contributed by atoms with Crippen LogP contribution in [0.1, 0.15) is 26.7 Å². The lowest BCUT2D eigenvalue weighted by molar-refractivity contribution is -0.384. The van der Waals surface area contributed by atoms with Crippen LogP contribution >= 0.6 is 11.3 Å². The Hall–Kier alpha value is -2.02. The number of benzene rings is 1. The van der Waals surface area contributed by atoms with Gasteiger partial charge in [-0.2, -0.15) is 0 Å². The first kappa shape index (κ1) is 14.4. The highest BCUT2D eigenvalue weighted by Crippen LogP contribution is 2.29. The van der Waals surface area contributed by atoms with Gasteiger partial charge in [0.25, 0.3) is 5.69 Å². The number of carbonyl (C=O) groups is 1. The molecule has 0 saturated heterocycles. The van der Waals surface area contributed by atoms with E-state index in [1.807, 2.05) is 13.8 Å². The standard InChI is InChI=1S/C13H15N3O3S/c1-3-4-8(2)12(17)15-13-14-10-6-5-9(16(18)19)7-11(10)20-13/h5-8H,3-4H2,1-2H3,(H,14,15,17). The van der Waals surface area contributed by atoms with Crippen LogP contribution in [0.25, 0.3) is 10.2 Å². The predicted molar refractivity (Wildman–Crippen MR) is 79.0 cm³/mol. The lowest BCUT2D eigenvalue weighted by Gasteiger charge is -2.08. The number of amides is 1. The molecule has 1 unspecified atom stereocenters. The van der Waals surface area contributed by atoms with Gasteiger partial charge in [0.1, 0.15) is 0 Å². The molecular formula is C13H15N3O3S. The quantitative estimate of drug-likeness (QED) is 0.674. The second-order valence-corrected chi connectivity index (χ2v) is 5.64. The molecule has 1 amide bonds. The molecule has 0 radical (unpaired) electrons. The van der Waals surface area contributed by atoms with E-state index >= 15 is 0 Å². The summed E-state index contributed by atoms with van der Waals surface area (Å²) >= 11 is 1.25. The minimum absolute atomic E-state index is 0.0263. The number of nitro benzene ring substituents is 1. The van der Waals surface area contributed by atoms with Crippen LogP contribution in [-0.4, -0.2) is 15.8 Å². The normalized spacial score (nSPS) is 12.3. The second-order valence-electron chi connectivity index (χ2n) is 4.61. The summed E-state index contributed by atoms with van der Waals surface area (Å²) in [6, 6.07) is 4.47. The number of rotatable bonds is 5. The van der Waals surface area contributed by atoms with E-state index in [9.17, 15) is 14.9 Å². The molecule has 0 aliphatic heterocycles. The number of nitro groups is 1. The number of hydrogen-bond acceptors (Lipinski definition) is 5. The van der Waals surface area contributed by atoms with Crippen LogP contribution in [0.4, 0.5) is 10.8 Å². The lowest BCUT2D eigenvalue weighted by atomic mass is 10.1. The molecular weight excluding hydrogens is 278 g/mol. The molecule has 1 heterocycles. The van der Waals surface area contributed by atoms with Gasteiger partial charge >= 0.3 is 0 Å². The lowest BCUT2D eigenvalue weighted by Crippen LogP contribution is -2.19. The number of nitrogens with one attached hydrogen (secondary N) is 1.